The zero-order chi connectivity index (χ0) is 17.6. The summed E-state index contributed by atoms with van der Waals surface area (Å²) >= 11 is 5.70. The lowest BCUT2D eigenvalue weighted by molar-refractivity contribution is -0.137. The van der Waals surface area contributed by atoms with E-state index in [9.17, 15) is 18.0 Å². The Morgan fingerprint density at radius 1 is 1.48 bits per heavy atom. The molecule has 0 aliphatic heterocycles. The number of amides is 1. The smallest absolute Gasteiger partial charge is 0.417 e. The highest BCUT2D eigenvalue weighted by Gasteiger charge is 2.31. The molecule has 0 fully saturated rings. The molecule has 0 saturated carbocycles. The molecule has 0 radical (unpaired) electrons. The summed E-state index contributed by atoms with van der Waals surface area (Å²) in [6.45, 7) is 4.16. The second kappa shape index (κ2) is 8.35. The standard InChI is InChI=1S/C14H19ClF3N3O2/c1-8(2)11(19)12(22)20-4-3-5-23-13-10(15)6-9(7-21-13)14(16,17)18/h6-8,11H,3-5,19H2,1-2H3,(H,20,22)/t11-/m0/s1. The fraction of sp³-hybridized carbons (Fsp3) is 0.571. The summed E-state index contributed by atoms with van der Waals surface area (Å²) in [5.41, 5.74) is 4.73. The largest absolute Gasteiger partial charge is 0.477 e. The average Bonchev–Trinajstić information content (AvgIpc) is 2.46. The molecule has 0 unspecified atom stereocenters. The molecular formula is C14H19ClF3N3O2. The molecule has 3 N–H and O–H groups in total. The first-order chi connectivity index (χ1) is 10.6. The molecule has 1 aromatic rings. The minimum absolute atomic E-state index is 0.0291. The molecule has 1 heterocycles. The number of nitrogens with two attached hydrogens (primary N) is 1. The van der Waals surface area contributed by atoms with Crippen LogP contribution < -0.4 is 15.8 Å². The van der Waals surface area contributed by atoms with Crippen LogP contribution in [0.4, 0.5) is 13.2 Å². The van der Waals surface area contributed by atoms with Gasteiger partial charge in [-0.3, -0.25) is 4.79 Å². The number of carbonyl (C=O) groups excluding carboxylic acids is 1. The van der Waals surface area contributed by atoms with Gasteiger partial charge in [0.1, 0.15) is 5.02 Å². The van der Waals surface area contributed by atoms with Crippen molar-refractivity contribution in [3.05, 3.63) is 22.8 Å². The van der Waals surface area contributed by atoms with E-state index in [1.807, 2.05) is 13.8 Å². The molecule has 1 aromatic heterocycles. The Morgan fingerprint density at radius 2 is 2.13 bits per heavy atom. The summed E-state index contributed by atoms with van der Waals surface area (Å²) in [5.74, 6) is -0.308. The van der Waals surface area contributed by atoms with Crippen LogP contribution in [0.15, 0.2) is 12.3 Å². The van der Waals surface area contributed by atoms with Crippen molar-refractivity contribution in [3.8, 4) is 5.88 Å². The monoisotopic (exact) mass is 353 g/mol. The highest BCUT2D eigenvalue weighted by atomic mass is 35.5. The third-order valence-electron chi connectivity index (χ3n) is 3.01. The number of rotatable bonds is 7. The maximum atomic E-state index is 12.5. The number of aromatic nitrogens is 1. The van der Waals surface area contributed by atoms with E-state index in [-0.39, 0.29) is 29.3 Å². The van der Waals surface area contributed by atoms with Gasteiger partial charge in [-0.2, -0.15) is 13.2 Å². The third kappa shape index (κ3) is 6.23. The van der Waals surface area contributed by atoms with E-state index < -0.39 is 17.8 Å². The molecule has 23 heavy (non-hydrogen) atoms. The molecule has 0 bridgehead atoms. The van der Waals surface area contributed by atoms with Crippen LogP contribution >= 0.6 is 11.6 Å². The van der Waals surface area contributed by atoms with Gasteiger partial charge in [-0.05, 0) is 18.4 Å². The van der Waals surface area contributed by atoms with Gasteiger partial charge in [-0.1, -0.05) is 25.4 Å². The van der Waals surface area contributed by atoms with Crippen molar-refractivity contribution < 1.29 is 22.7 Å². The van der Waals surface area contributed by atoms with Gasteiger partial charge in [0.05, 0.1) is 18.2 Å². The number of pyridine rings is 1. The van der Waals surface area contributed by atoms with Gasteiger partial charge in [0, 0.05) is 12.7 Å². The fourth-order valence-corrected chi connectivity index (χ4v) is 1.78. The van der Waals surface area contributed by atoms with E-state index in [0.29, 0.717) is 19.2 Å². The van der Waals surface area contributed by atoms with Crippen LogP contribution in [0.25, 0.3) is 0 Å². The Balaban J connectivity index is 2.38. The maximum absolute atomic E-state index is 12.5. The van der Waals surface area contributed by atoms with Gasteiger partial charge in [0.2, 0.25) is 11.8 Å². The van der Waals surface area contributed by atoms with Gasteiger partial charge in [0.15, 0.2) is 0 Å². The number of nitrogens with one attached hydrogen (secondary N) is 1. The van der Waals surface area contributed by atoms with E-state index in [4.69, 9.17) is 22.1 Å². The Morgan fingerprint density at radius 3 is 2.65 bits per heavy atom. The molecule has 0 saturated heterocycles. The number of ether oxygens (including phenoxy) is 1. The number of nitrogens with zero attached hydrogens (tertiary/aromatic N) is 1. The average molecular weight is 354 g/mol. The predicted octanol–water partition coefficient (Wildman–Crippen LogP) is 2.62. The van der Waals surface area contributed by atoms with Crippen molar-refractivity contribution in [2.24, 2.45) is 11.7 Å². The number of alkyl halides is 3. The Kier molecular flexibility index (Phi) is 7.08. The second-order valence-corrected chi connectivity index (χ2v) is 5.68. The third-order valence-corrected chi connectivity index (χ3v) is 3.29. The van der Waals surface area contributed by atoms with Crippen molar-refractivity contribution in [1.29, 1.82) is 0 Å². The van der Waals surface area contributed by atoms with Crippen LogP contribution in [0.5, 0.6) is 5.88 Å². The van der Waals surface area contributed by atoms with E-state index >= 15 is 0 Å². The minimum Gasteiger partial charge on any atom is -0.477 e. The van der Waals surface area contributed by atoms with Crippen molar-refractivity contribution in [2.75, 3.05) is 13.2 Å². The van der Waals surface area contributed by atoms with Crippen LogP contribution in [0.2, 0.25) is 5.02 Å². The maximum Gasteiger partial charge on any atom is 0.417 e. The van der Waals surface area contributed by atoms with Crippen LogP contribution in [0.1, 0.15) is 25.8 Å². The zero-order valence-electron chi connectivity index (χ0n) is 12.8. The molecule has 9 heteroatoms. The van der Waals surface area contributed by atoms with Gasteiger partial charge < -0.3 is 15.8 Å². The molecule has 130 valence electrons. The Bertz CT molecular complexity index is 538. The Hall–Kier alpha value is -1.54. The topological polar surface area (TPSA) is 77.2 Å². The minimum atomic E-state index is -4.51. The van der Waals surface area contributed by atoms with Crippen LogP contribution in [-0.2, 0) is 11.0 Å². The quantitative estimate of drug-likeness (QED) is 0.739. The predicted molar refractivity (Wildman–Crippen MR) is 80.2 cm³/mol. The van der Waals surface area contributed by atoms with E-state index in [1.165, 1.54) is 0 Å². The van der Waals surface area contributed by atoms with Crippen molar-refractivity contribution in [3.63, 3.8) is 0 Å². The zero-order valence-corrected chi connectivity index (χ0v) is 13.5. The first kappa shape index (κ1) is 19.5. The van der Waals surface area contributed by atoms with Crippen molar-refractivity contribution >= 4 is 17.5 Å². The van der Waals surface area contributed by atoms with Gasteiger partial charge >= 0.3 is 6.18 Å². The van der Waals surface area contributed by atoms with Gasteiger partial charge in [-0.15, -0.1) is 0 Å². The lowest BCUT2D eigenvalue weighted by Gasteiger charge is -2.15. The molecule has 1 rings (SSSR count). The molecule has 0 aromatic carbocycles. The highest BCUT2D eigenvalue weighted by Crippen LogP contribution is 2.33. The molecule has 0 aliphatic carbocycles. The fourth-order valence-electron chi connectivity index (χ4n) is 1.56. The molecule has 5 nitrogen and oxygen atoms in total. The highest BCUT2D eigenvalue weighted by molar-refractivity contribution is 6.31. The molecule has 0 aliphatic rings. The Labute approximate surface area is 137 Å². The van der Waals surface area contributed by atoms with E-state index in [0.717, 1.165) is 6.07 Å². The SMILES string of the molecule is CC(C)[C@H](N)C(=O)NCCCOc1ncc(C(F)(F)F)cc1Cl. The van der Waals surface area contributed by atoms with Crippen LogP contribution in [-0.4, -0.2) is 30.1 Å². The van der Waals surface area contributed by atoms with Crippen LogP contribution in [0.3, 0.4) is 0 Å². The van der Waals surface area contributed by atoms with Gasteiger partial charge in [-0.25, -0.2) is 4.98 Å². The van der Waals surface area contributed by atoms with Crippen molar-refractivity contribution in [2.45, 2.75) is 32.5 Å². The molecule has 0 spiro atoms. The van der Waals surface area contributed by atoms with Crippen LogP contribution in [0, 0.1) is 5.92 Å². The lowest BCUT2D eigenvalue weighted by Crippen LogP contribution is -2.44. The summed E-state index contributed by atoms with van der Waals surface area (Å²) in [4.78, 5) is 15.1. The lowest BCUT2D eigenvalue weighted by atomic mass is 10.1. The first-order valence-electron chi connectivity index (χ1n) is 7.01. The summed E-state index contributed by atoms with van der Waals surface area (Å²) in [5, 5.41) is 2.43. The molecule has 1 atom stereocenters. The normalized spacial score (nSPS) is 13.0. The number of carbonyl (C=O) groups is 1. The number of halogens is 4. The van der Waals surface area contributed by atoms with Gasteiger partial charge in [0.25, 0.3) is 0 Å². The molecule has 1 amide bonds. The summed E-state index contributed by atoms with van der Waals surface area (Å²) in [6, 6.07) is 0.176. The number of hydrogen-bond donors (Lipinski definition) is 2. The van der Waals surface area contributed by atoms with E-state index in [2.05, 4.69) is 10.3 Å². The van der Waals surface area contributed by atoms with E-state index in [1.54, 1.807) is 0 Å². The molecular weight excluding hydrogens is 335 g/mol. The first-order valence-corrected chi connectivity index (χ1v) is 7.39. The summed E-state index contributed by atoms with van der Waals surface area (Å²) in [6.07, 6.45) is -3.41. The summed E-state index contributed by atoms with van der Waals surface area (Å²) in [7, 11) is 0. The summed E-state index contributed by atoms with van der Waals surface area (Å²) < 4.78 is 42.6. The number of hydrogen-bond acceptors (Lipinski definition) is 4. The second-order valence-electron chi connectivity index (χ2n) is 5.27. The van der Waals surface area contributed by atoms with Crippen molar-refractivity contribution in [1.82, 2.24) is 10.3 Å².